The zero-order valence-electron chi connectivity index (χ0n) is 21.1. The molecule has 0 unspecified atom stereocenters. The smallest absolute Gasteiger partial charge is 0.319 e. The number of fused-ring (bicyclic) bond motifs is 1. The molecule has 200 valence electrons. The van der Waals surface area contributed by atoms with Crippen LogP contribution in [0.2, 0.25) is 5.02 Å². The number of hydrogen-bond acceptors (Lipinski definition) is 7. The van der Waals surface area contributed by atoms with E-state index >= 15 is 0 Å². The van der Waals surface area contributed by atoms with Crippen LogP contribution in [0.3, 0.4) is 0 Å². The fourth-order valence-electron chi connectivity index (χ4n) is 4.19. The molecule has 5 rings (SSSR count). The molecule has 2 fully saturated rings. The topological polar surface area (TPSA) is 114 Å². The molecular formula is C27H30ClN5O5. The fraction of sp³-hybridized carbons (Fsp3) is 0.370. The van der Waals surface area contributed by atoms with E-state index in [0.717, 1.165) is 32.5 Å². The maximum atomic E-state index is 13.1. The summed E-state index contributed by atoms with van der Waals surface area (Å²) in [7, 11) is 1.52. The number of ether oxygens (including phenoxy) is 3. The van der Waals surface area contributed by atoms with Gasteiger partial charge in [0.2, 0.25) is 0 Å². The molecule has 11 heteroatoms. The first-order chi connectivity index (χ1) is 18.5. The summed E-state index contributed by atoms with van der Waals surface area (Å²) in [6.07, 6.45) is 3.62. The van der Waals surface area contributed by atoms with Gasteiger partial charge < -0.3 is 30.2 Å². The van der Waals surface area contributed by atoms with Gasteiger partial charge in [-0.25, -0.2) is 4.79 Å². The summed E-state index contributed by atoms with van der Waals surface area (Å²) in [4.78, 5) is 31.8. The Kier molecular flexibility index (Phi) is 8.11. The molecule has 1 saturated heterocycles. The average molecular weight is 540 g/mol. The maximum absolute atomic E-state index is 13.1. The van der Waals surface area contributed by atoms with Crippen LogP contribution in [0, 0.1) is 0 Å². The second-order valence-electron chi connectivity index (χ2n) is 9.21. The first-order valence-corrected chi connectivity index (χ1v) is 13.0. The van der Waals surface area contributed by atoms with Gasteiger partial charge in [0, 0.05) is 55.9 Å². The molecular weight excluding hydrogens is 510 g/mol. The number of benzene rings is 2. The van der Waals surface area contributed by atoms with Crippen molar-refractivity contribution < 1.29 is 23.8 Å². The van der Waals surface area contributed by atoms with Gasteiger partial charge in [0.25, 0.3) is 5.91 Å². The molecule has 3 amide bonds. The fourth-order valence-corrected chi connectivity index (χ4v) is 4.41. The van der Waals surface area contributed by atoms with Crippen LogP contribution in [0.25, 0.3) is 10.9 Å². The molecule has 10 nitrogen and oxygen atoms in total. The van der Waals surface area contributed by atoms with Gasteiger partial charge in [-0.1, -0.05) is 11.6 Å². The summed E-state index contributed by atoms with van der Waals surface area (Å²) in [6, 6.07) is 10.1. The van der Waals surface area contributed by atoms with E-state index in [9.17, 15) is 9.59 Å². The van der Waals surface area contributed by atoms with Crippen LogP contribution in [0.15, 0.2) is 42.6 Å². The molecule has 2 aromatic carbocycles. The molecule has 3 N–H and O–H groups in total. The Morgan fingerprint density at radius 2 is 1.95 bits per heavy atom. The summed E-state index contributed by atoms with van der Waals surface area (Å²) in [6.45, 7) is 4.39. The number of anilines is 1. The highest BCUT2D eigenvalue weighted by molar-refractivity contribution is 6.33. The number of nitrogens with zero attached hydrogens (tertiary/aromatic N) is 2. The maximum Gasteiger partial charge on any atom is 0.319 e. The van der Waals surface area contributed by atoms with Crippen LogP contribution in [0.1, 0.15) is 23.2 Å². The zero-order valence-corrected chi connectivity index (χ0v) is 21.8. The number of amides is 3. The van der Waals surface area contributed by atoms with E-state index in [0.29, 0.717) is 64.2 Å². The highest BCUT2D eigenvalue weighted by atomic mass is 35.5. The third kappa shape index (κ3) is 6.45. The predicted molar refractivity (Wildman–Crippen MR) is 145 cm³/mol. The molecule has 0 spiro atoms. The van der Waals surface area contributed by atoms with Crippen LogP contribution in [-0.2, 0) is 4.74 Å². The summed E-state index contributed by atoms with van der Waals surface area (Å²) in [5.41, 5.74) is 1.49. The standard InChI is InChI=1S/C27H30ClN5O5/c1-36-25-16-23-19(15-20(25)26(34)30-8-9-33-10-12-37-13-11-33)24(6-7-29-23)38-18-4-5-22(21(28)14-18)32-27(35)31-17-2-3-17/h4-7,14-17H,2-3,8-13H2,1H3,(H,30,34)(H2,31,32,35). The Morgan fingerprint density at radius 1 is 1.13 bits per heavy atom. The minimum atomic E-state index is -0.284. The number of carbonyl (C=O) groups excluding carboxylic acids is 2. The van der Waals surface area contributed by atoms with Crippen LogP contribution in [0.5, 0.6) is 17.2 Å². The van der Waals surface area contributed by atoms with Crippen LogP contribution in [-0.4, -0.2) is 74.4 Å². The first-order valence-electron chi connectivity index (χ1n) is 12.6. The Labute approximate surface area is 225 Å². The lowest BCUT2D eigenvalue weighted by atomic mass is 10.1. The highest BCUT2D eigenvalue weighted by Crippen LogP contribution is 2.35. The Hall–Kier alpha value is -3.60. The number of morpholine rings is 1. The lowest BCUT2D eigenvalue weighted by Gasteiger charge is -2.26. The predicted octanol–water partition coefficient (Wildman–Crippen LogP) is 4.04. The lowest BCUT2D eigenvalue weighted by molar-refractivity contribution is 0.0383. The second kappa shape index (κ2) is 11.8. The highest BCUT2D eigenvalue weighted by Gasteiger charge is 2.23. The number of rotatable bonds is 9. The number of nitrogens with one attached hydrogen (secondary N) is 3. The molecule has 0 atom stereocenters. The number of hydrogen-bond donors (Lipinski definition) is 3. The van der Waals surface area contributed by atoms with Gasteiger partial charge in [0.05, 0.1) is 42.1 Å². The largest absolute Gasteiger partial charge is 0.496 e. The molecule has 2 heterocycles. The Balaban J connectivity index is 1.31. The van der Waals surface area contributed by atoms with Gasteiger partial charge in [-0.2, -0.15) is 0 Å². The number of carbonyl (C=O) groups is 2. The van der Waals surface area contributed by atoms with Crippen molar-refractivity contribution >= 4 is 40.1 Å². The number of halogens is 1. The van der Waals surface area contributed by atoms with Crippen LogP contribution in [0.4, 0.5) is 10.5 Å². The summed E-state index contributed by atoms with van der Waals surface area (Å²) in [5, 5.41) is 9.59. The van der Waals surface area contributed by atoms with E-state index in [1.165, 1.54) is 7.11 Å². The first kappa shape index (κ1) is 26.0. The van der Waals surface area contributed by atoms with E-state index < -0.39 is 0 Å². The number of aromatic nitrogens is 1. The number of methoxy groups -OCH3 is 1. The van der Waals surface area contributed by atoms with E-state index in [1.54, 1.807) is 42.6 Å². The second-order valence-corrected chi connectivity index (χ2v) is 9.61. The molecule has 0 radical (unpaired) electrons. The van der Waals surface area contributed by atoms with Crippen molar-refractivity contribution in [3.8, 4) is 17.2 Å². The molecule has 1 saturated carbocycles. The monoisotopic (exact) mass is 539 g/mol. The molecule has 1 aliphatic carbocycles. The molecule has 0 bridgehead atoms. The van der Waals surface area contributed by atoms with Crippen molar-refractivity contribution in [3.63, 3.8) is 0 Å². The van der Waals surface area contributed by atoms with Gasteiger partial charge in [0.15, 0.2) is 0 Å². The van der Waals surface area contributed by atoms with Gasteiger partial charge in [-0.3, -0.25) is 14.7 Å². The van der Waals surface area contributed by atoms with Crippen molar-refractivity contribution in [2.75, 3.05) is 51.8 Å². The third-order valence-electron chi connectivity index (χ3n) is 6.41. The summed E-state index contributed by atoms with van der Waals surface area (Å²) >= 11 is 6.41. The van der Waals surface area contributed by atoms with Crippen molar-refractivity contribution in [3.05, 3.63) is 53.2 Å². The van der Waals surface area contributed by atoms with E-state index in [2.05, 4.69) is 25.8 Å². The summed E-state index contributed by atoms with van der Waals surface area (Å²) in [5.74, 6) is 1.16. The number of urea groups is 1. The Bertz CT molecular complexity index is 1330. The van der Waals surface area contributed by atoms with E-state index in [4.69, 9.17) is 25.8 Å². The van der Waals surface area contributed by atoms with Crippen LogP contribution >= 0.6 is 11.6 Å². The minimum Gasteiger partial charge on any atom is -0.496 e. The van der Waals surface area contributed by atoms with Gasteiger partial charge >= 0.3 is 6.03 Å². The van der Waals surface area contributed by atoms with E-state index in [-0.39, 0.29) is 18.0 Å². The van der Waals surface area contributed by atoms with Crippen LogP contribution < -0.4 is 25.4 Å². The lowest BCUT2D eigenvalue weighted by Crippen LogP contribution is -2.41. The van der Waals surface area contributed by atoms with Crippen molar-refractivity contribution in [1.82, 2.24) is 20.5 Å². The Morgan fingerprint density at radius 3 is 2.68 bits per heavy atom. The quantitative estimate of drug-likeness (QED) is 0.376. The van der Waals surface area contributed by atoms with Gasteiger partial charge in [-0.15, -0.1) is 0 Å². The molecule has 38 heavy (non-hydrogen) atoms. The molecule has 3 aromatic rings. The van der Waals surface area contributed by atoms with E-state index in [1.807, 2.05) is 0 Å². The molecule has 1 aliphatic heterocycles. The molecule has 2 aliphatic rings. The average Bonchev–Trinajstić information content (AvgIpc) is 3.74. The number of pyridine rings is 1. The SMILES string of the molecule is COc1cc2nccc(Oc3ccc(NC(=O)NC4CC4)c(Cl)c3)c2cc1C(=O)NCCN1CCOCC1. The van der Waals surface area contributed by atoms with Crippen molar-refractivity contribution in [2.24, 2.45) is 0 Å². The molecule has 1 aromatic heterocycles. The normalized spacial score (nSPS) is 15.6. The third-order valence-corrected chi connectivity index (χ3v) is 6.73. The van der Waals surface area contributed by atoms with Gasteiger partial charge in [0.1, 0.15) is 17.2 Å². The van der Waals surface area contributed by atoms with Crippen molar-refractivity contribution in [2.45, 2.75) is 18.9 Å². The minimum absolute atomic E-state index is 0.241. The zero-order chi connectivity index (χ0) is 26.5. The van der Waals surface area contributed by atoms with Gasteiger partial charge in [-0.05, 0) is 37.1 Å². The van der Waals surface area contributed by atoms with Crippen molar-refractivity contribution in [1.29, 1.82) is 0 Å². The summed E-state index contributed by atoms with van der Waals surface area (Å²) < 4.78 is 17.0.